The summed E-state index contributed by atoms with van der Waals surface area (Å²) in [6, 6.07) is 11.5. The Balaban J connectivity index is 2.52. The molecule has 4 heteroatoms. The SMILES string of the molecule is CCOC(=O)c1ccc(C#CC(OC)c2cc(C(C)(C)C)cc(C(C)(C)C)c2OC)cc1. The van der Waals surface area contributed by atoms with Gasteiger partial charge in [-0.1, -0.05) is 59.4 Å². The van der Waals surface area contributed by atoms with Crippen molar-refractivity contribution < 1.29 is 19.0 Å². The van der Waals surface area contributed by atoms with E-state index in [-0.39, 0.29) is 16.8 Å². The van der Waals surface area contributed by atoms with Crippen molar-refractivity contribution in [3.05, 3.63) is 64.2 Å². The lowest BCUT2D eigenvalue weighted by Gasteiger charge is -2.29. The van der Waals surface area contributed by atoms with Crippen LogP contribution < -0.4 is 4.74 Å². The minimum Gasteiger partial charge on any atom is -0.496 e. The summed E-state index contributed by atoms with van der Waals surface area (Å²) in [6.45, 7) is 15.3. The summed E-state index contributed by atoms with van der Waals surface area (Å²) in [4.78, 5) is 11.9. The molecule has 1 atom stereocenters. The molecule has 0 saturated carbocycles. The van der Waals surface area contributed by atoms with E-state index in [1.165, 1.54) is 5.56 Å². The van der Waals surface area contributed by atoms with Crippen LogP contribution in [0.25, 0.3) is 0 Å². The van der Waals surface area contributed by atoms with Gasteiger partial charge < -0.3 is 14.2 Å². The molecule has 0 bridgehead atoms. The van der Waals surface area contributed by atoms with Crippen molar-refractivity contribution in [1.29, 1.82) is 0 Å². The van der Waals surface area contributed by atoms with E-state index in [2.05, 4.69) is 65.5 Å². The summed E-state index contributed by atoms with van der Waals surface area (Å²) < 4.78 is 16.7. The minimum atomic E-state index is -0.460. The van der Waals surface area contributed by atoms with Crippen LogP contribution in [0, 0.1) is 11.8 Å². The van der Waals surface area contributed by atoms with Crippen LogP contribution in [0.4, 0.5) is 0 Å². The molecule has 0 N–H and O–H groups in total. The highest BCUT2D eigenvalue weighted by Crippen LogP contribution is 2.41. The van der Waals surface area contributed by atoms with Gasteiger partial charge in [0.2, 0.25) is 0 Å². The molecule has 1 unspecified atom stereocenters. The van der Waals surface area contributed by atoms with Gasteiger partial charge in [0.05, 0.1) is 19.3 Å². The summed E-state index contributed by atoms with van der Waals surface area (Å²) in [5.74, 6) is 6.89. The van der Waals surface area contributed by atoms with Gasteiger partial charge in [-0.25, -0.2) is 4.79 Å². The van der Waals surface area contributed by atoms with Crippen molar-refractivity contribution in [1.82, 2.24) is 0 Å². The van der Waals surface area contributed by atoms with Crippen LogP contribution in [-0.4, -0.2) is 26.8 Å². The van der Waals surface area contributed by atoms with Crippen molar-refractivity contribution in [2.75, 3.05) is 20.8 Å². The molecule has 0 aliphatic heterocycles. The number of hydrogen-bond donors (Lipinski definition) is 0. The lowest BCUT2D eigenvalue weighted by Crippen LogP contribution is -2.19. The summed E-state index contributed by atoms with van der Waals surface area (Å²) in [5.41, 5.74) is 4.43. The van der Waals surface area contributed by atoms with Crippen LogP contribution in [0.1, 0.15) is 87.2 Å². The van der Waals surface area contributed by atoms with E-state index in [1.54, 1.807) is 33.3 Å². The lowest BCUT2D eigenvalue weighted by atomic mass is 9.78. The minimum absolute atomic E-state index is 0.0321. The number of esters is 1. The molecule has 32 heavy (non-hydrogen) atoms. The first kappa shape index (κ1) is 25.5. The molecule has 0 spiro atoms. The first-order valence-corrected chi connectivity index (χ1v) is 11.0. The Bertz CT molecular complexity index is 993. The molecule has 4 nitrogen and oxygen atoms in total. The zero-order valence-corrected chi connectivity index (χ0v) is 20.9. The normalized spacial score (nSPS) is 12.5. The van der Waals surface area contributed by atoms with Gasteiger partial charge in [-0.2, -0.15) is 0 Å². The van der Waals surface area contributed by atoms with Crippen molar-refractivity contribution in [2.45, 2.75) is 65.4 Å². The van der Waals surface area contributed by atoms with E-state index < -0.39 is 6.10 Å². The van der Waals surface area contributed by atoms with E-state index in [4.69, 9.17) is 14.2 Å². The fourth-order valence-electron chi connectivity index (χ4n) is 3.38. The topological polar surface area (TPSA) is 44.8 Å². The Hall–Kier alpha value is -2.77. The molecule has 0 fully saturated rings. The molecular weight excluding hydrogens is 400 g/mol. The number of rotatable bonds is 5. The number of hydrogen-bond acceptors (Lipinski definition) is 4. The van der Waals surface area contributed by atoms with Crippen molar-refractivity contribution in [3.8, 4) is 17.6 Å². The van der Waals surface area contributed by atoms with Crippen LogP contribution in [0.2, 0.25) is 0 Å². The van der Waals surface area contributed by atoms with Gasteiger partial charge in [-0.05, 0) is 53.6 Å². The van der Waals surface area contributed by atoms with Crippen molar-refractivity contribution in [3.63, 3.8) is 0 Å². The third-order valence-corrected chi connectivity index (χ3v) is 5.26. The Labute approximate surface area is 193 Å². The molecule has 0 amide bonds. The largest absolute Gasteiger partial charge is 0.496 e. The summed E-state index contributed by atoms with van der Waals surface area (Å²) in [5, 5.41) is 0. The van der Waals surface area contributed by atoms with Gasteiger partial charge in [0.25, 0.3) is 0 Å². The summed E-state index contributed by atoms with van der Waals surface area (Å²) in [6.07, 6.45) is -0.460. The van der Waals surface area contributed by atoms with Crippen LogP contribution in [0.3, 0.4) is 0 Å². The number of carbonyl (C=O) groups is 1. The summed E-state index contributed by atoms with van der Waals surface area (Å²) >= 11 is 0. The third-order valence-electron chi connectivity index (χ3n) is 5.26. The van der Waals surface area contributed by atoms with Crippen LogP contribution in [0.5, 0.6) is 5.75 Å². The summed E-state index contributed by atoms with van der Waals surface area (Å²) in [7, 11) is 3.35. The van der Waals surface area contributed by atoms with Crippen LogP contribution in [0.15, 0.2) is 36.4 Å². The Kier molecular flexibility index (Phi) is 8.15. The third kappa shape index (κ3) is 6.14. The Morgan fingerprint density at radius 2 is 1.59 bits per heavy atom. The smallest absolute Gasteiger partial charge is 0.338 e. The van der Waals surface area contributed by atoms with Gasteiger partial charge >= 0.3 is 5.97 Å². The molecule has 2 aromatic rings. The Morgan fingerprint density at radius 3 is 2.06 bits per heavy atom. The molecule has 0 aliphatic carbocycles. The van der Waals surface area contributed by atoms with E-state index in [1.807, 2.05) is 12.1 Å². The zero-order chi connectivity index (χ0) is 24.1. The molecule has 0 aromatic heterocycles. The molecule has 0 radical (unpaired) electrons. The molecule has 0 aliphatic rings. The van der Waals surface area contributed by atoms with Gasteiger partial charge in [-0.3, -0.25) is 0 Å². The first-order valence-electron chi connectivity index (χ1n) is 11.0. The van der Waals surface area contributed by atoms with Crippen molar-refractivity contribution >= 4 is 5.97 Å². The highest BCUT2D eigenvalue weighted by atomic mass is 16.5. The number of benzene rings is 2. The van der Waals surface area contributed by atoms with Crippen molar-refractivity contribution in [2.24, 2.45) is 0 Å². The standard InChI is InChI=1S/C28H36O4/c1-10-32-26(29)20-14-11-19(12-15-20)13-16-24(30-8)22-17-21(27(2,3)4)18-23(25(22)31-9)28(5,6)7/h11-12,14-15,17-18,24H,10H2,1-9H3. The van der Waals surface area contributed by atoms with Gasteiger partial charge in [0.15, 0.2) is 0 Å². The molecule has 0 heterocycles. The second kappa shape index (κ2) is 10.2. The van der Waals surface area contributed by atoms with Crippen LogP contribution in [-0.2, 0) is 20.3 Å². The fourth-order valence-corrected chi connectivity index (χ4v) is 3.38. The Morgan fingerprint density at radius 1 is 0.969 bits per heavy atom. The van der Waals surface area contributed by atoms with Gasteiger partial charge in [-0.15, -0.1) is 0 Å². The maximum atomic E-state index is 11.9. The fraction of sp³-hybridized carbons (Fsp3) is 0.464. The highest BCUT2D eigenvalue weighted by molar-refractivity contribution is 5.89. The number of methoxy groups -OCH3 is 2. The average Bonchev–Trinajstić information content (AvgIpc) is 2.72. The maximum absolute atomic E-state index is 11.9. The van der Waals surface area contributed by atoms with E-state index in [9.17, 15) is 4.79 Å². The number of carbonyl (C=O) groups excluding carboxylic acids is 1. The van der Waals surface area contributed by atoms with E-state index >= 15 is 0 Å². The highest BCUT2D eigenvalue weighted by Gasteiger charge is 2.28. The zero-order valence-electron chi connectivity index (χ0n) is 20.9. The van der Waals surface area contributed by atoms with E-state index in [0.717, 1.165) is 22.4 Å². The second-order valence-corrected chi connectivity index (χ2v) is 9.83. The molecule has 2 rings (SSSR count). The monoisotopic (exact) mass is 436 g/mol. The van der Waals surface area contributed by atoms with E-state index in [0.29, 0.717) is 12.2 Å². The number of ether oxygens (including phenoxy) is 3. The predicted octanol–water partition coefficient (Wildman–Crippen LogP) is 6.21. The maximum Gasteiger partial charge on any atom is 0.338 e. The second-order valence-electron chi connectivity index (χ2n) is 9.83. The first-order chi connectivity index (χ1) is 14.9. The molecule has 2 aromatic carbocycles. The van der Waals surface area contributed by atoms with Gasteiger partial charge in [0.1, 0.15) is 11.9 Å². The molecule has 0 saturated heterocycles. The lowest BCUT2D eigenvalue weighted by molar-refractivity contribution is 0.0526. The average molecular weight is 437 g/mol. The van der Waals surface area contributed by atoms with Crippen LogP contribution >= 0.6 is 0 Å². The van der Waals surface area contributed by atoms with Gasteiger partial charge in [0, 0.05) is 23.8 Å². The predicted molar refractivity (Wildman–Crippen MR) is 129 cm³/mol. The molecular formula is C28H36O4. The quantitative estimate of drug-likeness (QED) is 0.413. The molecule has 172 valence electrons.